The lowest BCUT2D eigenvalue weighted by molar-refractivity contribution is 0.0932. The van der Waals surface area contributed by atoms with Crippen LogP contribution in [0, 0.1) is 5.92 Å². The Balaban J connectivity index is 1.82. The van der Waals surface area contributed by atoms with Crippen molar-refractivity contribution in [3.63, 3.8) is 0 Å². The highest BCUT2D eigenvalue weighted by Gasteiger charge is 2.26. The van der Waals surface area contributed by atoms with Gasteiger partial charge in [-0.2, -0.15) is 0 Å². The normalized spacial score (nSPS) is 17.3. The van der Waals surface area contributed by atoms with Crippen LogP contribution in [0.3, 0.4) is 0 Å². The van der Waals surface area contributed by atoms with E-state index in [0.29, 0.717) is 30.1 Å². The topological polar surface area (TPSA) is 66.5 Å². The van der Waals surface area contributed by atoms with E-state index in [9.17, 15) is 13.2 Å². The summed E-state index contributed by atoms with van der Waals surface area (Å²) in [6.07, 6.45) is 2.35. The first kappa shape index (κ1) is 20.4. The van der Waals surface area contributed by atoms with E-state index in [1.165, 1.54) is 4.31 Å². The second-order valence-corrected chi connectivity index (χ2v) is 9.72. The van der Waals surface area contributed by atoms with Crippen LogP contribution in [0.2, 0.25) is 0 Å². The molecule has 2 aromatic rings. The standard InChI is InChI=1S/C22H28N2O3S/c1-17(2)15-21(18-9-4-3-5-10-18)23-22(25)19-11-8-12-20(16-19)24-13-6-7-14-28(24,26)27/h3-5,8-12,16-17,21H,6-7,13-15H2,1-2H3,(H,23,25)/t21-/m0/s1. The van der Waals surface area contributed by atoms with Gasteiger partial charge in [-0.25, -0.2) is 8.42 Å². The average Bonchev–Trinajstić information content (AvgIpc) is 2.67. The monoisotopic (exact) mass is 400 g/mol. The fourth-order valence-electron chi connectivity index (χ4n) is 3.56. The van der Waals surface area contributed by atoms with Crippen LogP contribution in [-0.4, -0.2) is 26.6 Å². The third-order valence-electron chi connectivity index (χ3n) is 4.96. The first-order valence-electron chi connectivity index (χ1n) is 9.83. The summed E-state index contributed by atoms with van der Waals surface area (Å²) in [7, 11) is -3.30. The molecule has 1 atom stereocenters. The molecule has 5 nitrogen and oxygen atoms in total. The summed E-state index contributed by atoms with van der Waals surface area (Å²) in [5, 5.41) is 3.12. The fraction of sp³-hybridized carbons (Fsp3) is 0.409. The summed E-state index contributed by atoms with van der Waals surface area (Å²) < 4.78 is 26.2. The maximum atomic E-state index is 12.9. The largest absolute Gasteiger partial charge is 0.345 e. The summed E-state index contributed by atoms with van der Waals surface area (Å²) in [6.45, 7) is 4.72. The number of carbonyl (C=O) groups excluding carboxylic acids is 1. The number of nitrogens with zero attached hydrogens (tertiary/aromatic N) is 1. The van der Waals surface area contributed by atoms with Gasteiger partial charge in [-0.15, -0.1) is 0 Å². The minimum absolute atomic E-state index is 0.0870. The van der Waals surface area contributed by atoms with Crippen molar-refractivity contribution in [1.82, 2.24) is 5.32 Å². The molecule has 0 saturated carbocycles. The van der Waals surface area contributed by atoms with E-state index < -0.39 is 10.0 Å². The molecule has 6 heteroatoms. The van der Waals surface area contributed by atoms with E-state index >= 15 is 0 Å². The Morgan fingerprint density at radius 3 is 2.50 bits per heavy atom. The van der Waals surface area contributed by atoms with Crippen LogP contribution in [0.4, 0.5) is 5.69 Å². The van der Waals surface area contributed by atoms with Crippen molar-refractivity contribution in [2.24, 2.45) is 5.92 Å². The van der Waals surface area contributed by atoms with Gasteiger partial charge in [-0.1, -0.05) is 50.2 Å². The van der Waals surface area contributed by atoms with Crippen molar-refractivity contribution in [3.05, 3.63) is 65.7 Å². The average molecular weight is 401 g/mol. The van der Waals surface area contributed by atoms with Gasteiger partial charge in [0.15, 0.2) is 0 Å². The Labute approximate surface area is 167 Å². The molecule has 0 aliphatic carbocycles. The Bertz CT molecular complexity index is 910. The molecule has 150 valence electrons. The smallest absolute Gasteiger partial charge is 0.251 e. The van der Waals surface area contributed by atoms with Crippen LogP contribution in [-0.2, 0) is 10.0 Å². The third kappa shape index (κ3) is 4.93. The second kappa shape index (κ2) is 8.78. The van der Waals surface area contributed by atoms with E-state index in [1.54, 1.807) is 24.3 Å². The van der Waals surface area contributed by atoms with Crippen molar-refractivity contribution in [2.45, 2.75) is 39.2 Å². The number of carbonyl (C=O) groups is 1. The van der Waals surface area contributed by atoms with Crippen LogP contribution < -0.4 is 9.62 Å². The van der Waals surface area contributed by atoms with Crippen LogP contribution in [0.25, 0.3) is 0 Å². The molecule has 1 heterocycles. The predicted octanol–water partition coefficient (Wildman–Crippen LogP) is 4.13. The molecule has 1 aliphatic heterocycles. The van der Waals surface area contributed by atoms with E-state index in [2.05, 4.69) is 19.2 Å². The van der Waals surface area contributed by atoms with Gasteiger partial charge >= 0.3 is 0 Å². The molecule has 28 heavy (non-hydrogen) atoms. The van der Waals surface area contributed by atoms with Crippen LogP contribution in [0.1, 0.15) is 55.1 Å². The summed E-state index contributed by atoms with van der Waals surface area (Å²) >= 11 is 0. The van der Waals surface area contributed by atoms with E-state index in [-0.39, 0.29) is 17.7 Å². The highest BCUT2D eigenvalue weighted by molar-refractivity contribution is 7.92. The Kier molecular flexibility index (Phi) is 6.39. The lowest BCUT2D eigenvalue weighted by Gasteiger charge is -2.28. The molecular formula is C22H28N2O3S. The maximum Gasteiger partial charge on any atom is 0.251 e. The molecule has 0 unspecified atom stereocenters. The minimum atomic E-state index is -3.30. The molecule has 0 bridgehead atoms. The van der Waals surface area contributed by atoms with Crippen LogP contribution in [0.15, 0.2) is 54.6 Å². The molecule has 0 radical (unpaired) electrons. The number of benzene rings is 2. The zero-order chi connectivity index (χ0) is 20.1. The zero-order valence-corrected chi connectivity index (χ0v) is 17.3. The van der Waals surface area contributed by atoms with Gasteiger partial charge in [0.1, 0.15) is 0 Å². The van der Waals surface area contributed by atoms with Crippen molar-refractivity contribution in [2.75, 3.05) is 16.6 Å². The number of amides is 1. The molecule has 1 fully saturated rings. The third-order valence-corrected chi connectivity index (χ3v) is 6.83. The highest BCUT2D eigenvalue weighted by atomic mass is 32.2. The number of hydrogen-bond acceptors (Lipinski definition) is 3. The number of hydrogen-bond donors (Lipinski definition) is 1. The highest BCUT2D eigenvalue weighted by Crippen LogP contribution is 2.26. The fourth-order valence-corrected chi connectivity index (χ4v) is 5.19. The quantitative estimate of drug-likeness (QED) is 0.793. The second-order valence-electron chi connectivity index (χ2n) is 7.71. The summed E-state index contributed by atoms with van der Waals surface area (Å²) in [5.41, 5.74) is 2.11. The van der Waals surface area contributed by atoms with Gasteiger partial charge in [0.25, 0.3) is 5.91 Å². The molecule has 0 spiro atoms. The van der Waals surface area contributed by atoms with Crippen molar-refractivity contribution >= 4 is 21.6 Å². The predicted molar refractivity (Wildman–Crippen MR) is 113 cm³/mol. The van der Waals surface area contributed by atoms with Crippen molar-refractivity contribution < 1.29 is 13.2 Å². The SMILES string of the molecule is CC(C)C[C@H](NC(=O)c1cccc(N2CCCCS2(=O)=O)c1)c1ccccc1. The molecule has 1 aliphatic rings. The molecule has 3 rings (SSSR count). The summed E-state index contributed by atoms with van der Waals surface area (Å²) in [6, 6.07) is 16.7. The van der Waals surface area contributed by atoms with Crippen LogP contribution >= 0.6 is 0 Å². The van der Waals surface area contributed by atoms with Crippen molar-refractivity contribution in [1.29, 1.82) is 0 Å². The Hall–Kier alpha value is -2.34. The maximum absolute atomic E-state index is 12.9. The molecule has 1 N–H and O–H groups in total. The van der Waals surface area contributed by atoms with E-state index in [0.717, 1.165) is 18.4 Å². The number of anilines is 1. The Morgan fingerprint density at radius 2 is 1.82 bits per heavy atom. The Morgan fingerprint density at radius 1 is 1.07 bits per heavy atom. The lowest BCUT2D eigenvalue weighted by Crippen LogP contribution is -2.38. The van der Waals surface area contributed by atoms with Gasteiger partial charge in [0.05, 0.1) is 17.5 Å². The van der Waals surface area contributed by atoms with Gasteiger partial charge in [-0.3, -0.25) is 9.10 Å². The van der Waals surface area contributed by atoms with E-state index in [4.69, 9.17) is 0 Å². The molecule has 0 aromatic heterocycles. The van der Waals surface area contributed by atoms with Gasteiger partial charge in [0, 0.05) is 12.1 Å². The van der Waals surface area contributed by atoms with Gasteiger partial charge in [0.2, 0.25) is 10.0 Å². The van der Waals surface area contributed by atoms with Crippen LogP contribution in [0.5, 0.6) is 0 Å². The molecular weight excluding hydrogens is 372 g/mol. The number of nitrogens with one attached hydrogen (secondary N) is 1. The summed E-state index contributed by atoms with van der Waals surface area (Å²) in [4.78, 5) is 12.9. The number of sulfonamides is 1. The molecule has 2 aromatic carbocycles. The lowest BCUT2D eigenvalue weighted by atomic mass is 9.96. The number of rotatable bonds is 6. The zero-order valence-electron chi connectivity index (χ0n) is 16.5. The molecule has 1 amide bonds. The van der Waals surface area contributed by atoms with Gasteiger partial charge < -0.3 is 5.32 Å². The first-order chi connectivity index (χ1) is 13.4. The van der Waals surface area contributed by atoms with E-state index in [1.807, 2.05) is 30.3 Å². The minimum Gasteiger partial charge on any atom is -0.345 e. The summed E-state index contributed by atoms with van der Waals surface area (Å²) in [5.74, 6) is 0.398. The first-order valence-corrected chi connectivity index (χ1v) is 11.4. The molecule has 1 saturated heterocycles. The van der Waals surface area contributed by atoms with Gasteiger partial charge in [-0.05, 0) is 48.9 Å². The van der Waals surface area contributed by atoms with Crippen molar-refractivity contribution in [3.8, 4) is 0 Å².